The van der Waals surface area contributed by atoms with Crippen molar-refractivity contribution in [2.75, 3.05) is 26.3 Å². The third-order valence-corrected chi connectivity index (χ3v) is 15.0. The van der Waals surface area contributed by atoms with Crippen LogP contribution in [-0.4, -0.2) is 84.5 Å². The van der Waals surface area contributed by atoms with Crippen LogP contribution in [0.25, 0.3) is 0 Å². The van der Waals surface area contributed by atoms with Crippen LogP contribution in [0.4, 0.5) is 0 Å². The molecule has 2 fully saturated rings. The number of nitrogens with zero attached hydrogens (tertiary/aromatic N) is 2. The molecule has 4 rings (SSSR count). The standard InChI is InChI=1S/C24H39NO4Si.C18H25NO4/c1-18(19-13-11-10-12-14-19)25-16-24(15-20(25)26,21(27)29-22(2,3)4)17-28-30(8,9)23(5,6)7;1-13(14-8-6-5-7-9-14)19-11-18(12-20,10-15(19)21)16(22)23-17(2,3)4/h10-14,18H,15-17H2,1-9H3;5-9,13,20H,10-12H2,1-4H3/t18-,24+;13-,18+/m11/s1. The van der Waals surface area contributed by atoms with Crippen molar-refractivity contribution in [2.45, 2.75) is 130 Å². The molecule has 53 heavy (non-hydrogen) atoms. The van der Waals surface area contributed by atoms with Gasteiger partial charge in [-0.25, -0.2) is 0 Å². The summed E-state index contributed by atoms with van der Waals surface area (Å²) in [6.07, 6.45) is 0.100. The number of hydrogen-bond acceptors (Lipinski definition) is 8. The molecular weight excluding hydrogens is 689 g/mol. The monoisotopic (exact) mass is 752 g/mol. The molecule has 0 bridgehead atoms. The SMILES string of the molecule is C[C@H](c1ccccc1)N1C[C@@](CO)(C(=O)OC(C)(C)C)CC1=O.C[C@H](c1ccccc1)N1C[C@@](CO[Si](C)(C)C(C)(C)C)(C(=O)OC(C)(C)C)CC1=O. The second-order valence-corrected chi connectivity index (χ2v) is 23.2. The summed E-state index contributed by atoms with van der Waals surface area (Å²) in [5.41, 5.74) is -1.38. The van der Waals surface area contributed by atoms with Gasteiger partial charge in [0.1, 0.15) is 22.0 Å². The first kappa shape index (κ1) is 43.9. The highest BCUT2D eigenvalue weighted by molar-refractivity contribution is 6.74. The Bertz CT molecular complexity index is 1580. The molecule has 0 saturated carbocycles. The normalized spacial score (nSPS) is 22.2. The smallest absolute Gasteiger partial charge is 0.317 e. The Morgan fingerprint density at radius 2 is 1.06 bits per heavy atom. The topological polar surface area (TPSA) is 123 Å². The van der Waals surface area contributed by atoms with E-state index in [-0.39, 0.29) is 60.9 Å². The van der Waals surface area contributed by atoms with Gasteiger partial charge in [0, 0.05) is 25.9 Å². The molecule has 0 aromatic heterocycles. The molecule has 2 aliphatic heterocycles. The minimum absolute atomic E-state index is 0.0156. The Hall–Kier alpha value is -3.54. The van der Waals surface area contributed by atoms with Gasteiger partial charge in [0.2, 0.25) is 11.8 Å². The van der Waals surface area contributed by atoms with Gasteiger partial charge in [0.15, 0.2) is 8.32 Å². The van der Waals surface area contributed by atoms with Gasteiger partial charge in [0.05, 0.1) is 25.3 Å². The zero-order valence-electron chi connectivity index (χ0n) is 34.4. The van der Waals surface area contributed by atoms with E-state index in [2.05, 4.69) is 33.9 Å². The zero-order chi connectivity index (χ0) is 40.2. The largest absolute Gasteiger partial charge is 0.459 e. The van der Waals surface area contributed by atoms with Crippen LogP contribution in [0.3, 0.4) is 0 Å². The van der Waals surface area contributed by atoms with Crippen molar-refractivity contribution in [3.05, 3.63) is 71.8 Å². The highest BCUT2D eigenvalue weighted by Gasteiger charge is 2.54. The van der Waals surface area contributed by atoms with Crippen molar-refractivity contribution in [3.63, 3.8) is 0 Å². The zero-order valence-corrected chi connectivity index (χ0v) is 35.4. The van der Waals surface area contributed by atoms with E-state index in [0.29, 0.717) is 6.54 Å². The molecule has 2 aliphatic rings. The maximum atomic E-state index is 13.3. The first-order valence-electron chi connectivity index (χ1n) is 18.7. The van der Waals surface area contributed by atoms with E-state index in [1.807, 2.05) is 95.3 Å². The van der Waals surface area contributed by atoms with E-state index in [1.165, 1.54) is 0 Å². The average Bonchev–Trinajstić information content (AvgIpc) is 3.60. The van der Waals surface area contributed by atoms with E-state index < -0.39 is 42.9 Å². The van der Waals surface area contributed by atoms with Crippen LogP contribution >= 0.6 is 0 Å². The summed E-state index contributed by atoms with van der Waals surface area (Å²) >= 11 is 0. The number of rotatable bonds is 10. The van der Waals surface area contributed by atoms with E-state index in [1.54, 1.807) is 30.6 Å². The Morgan fingerprint density at radius 1 is 0.698 bits per heavy atom. The van der Waals surface area contributed by atoms with Gasteiger partial charge in [-0.3, -0.25) is 19.2 Å². The number of aliphatic hydroxyl groups excluding tert-OH is 1. The lowest BCUT2D eigenvalue weighted by molar-refractivity contribution is -0.170. The molecule has 2 aromatic rings. The van der Waals surface area contributed by atoms with Gasteiger partial charge in [-0.15, -0.1) is 0 Å². The summed E-state index contributed by atoms with van der Waals surface area (Å²) in [5.74, 6) is -1.02. The summed E-state index contributed by atoms with van der Waals surface area (Å²) in [4.78, 5) is 54.8. The van der Waals surface area contributed by atoms with Crippen LogP contribution in [0.2, 0.25) is 18.1 Å². The fraction of sp³-hybridized carbons (Fsp3) is 0.619. The van der Waals surface area contributed by atoms with E-state index in [9.17, 15) is 24.3 Å². The molecule has 2 heterocycles. The highest BCUT2D eigenvalue weighted by Crippen LogP contribution is 2.43. The number of carbonyl (C=O) groups excluding carboxylic acids is 4. The van der Waals surface area contributed by atoms with Crippen LogP contribution < -0.4 is 0 Å². The van der Waals surface area contributed by atoms with Gasteiger partial charge < -0.3 is 28.8 Å². The van der Waals surface area contributed by atoms with Crippen molar-refractivity contribution in [2.24, 2.45) is 10.8 Å². The van der Waals surface area contributed by atoms with E-state index in [0.717, 1.165) is 11.1 Å². The Kier molecular flexibility index (Phi) is 13.6. The lowest BCUT2D eigenvalue weighted by Gasteiger charge is -2.39. The Labute approximate surface area is 318 Å². The minimum Gasteiger partial charge on any atom is -0.459 e. The fourth-order valence-corrected chi connectivity index (χ4v) is 7.23. The molecule has 2 saturated heterocycles. The number of esters is 2. The van der Waals surface area contributed by atoms with Crippen LogP contribution in [0.1, 0.15) is 112 Å². The van der Waals surface area contributed by atoms with Crippen molar-refractivity contribution in [1.29, 1.82) is 0 Å². The summed E-state index contributed by atoms with van der Waals surface area (Å²) < 4.78 is 17.7. The van der Waals surface area contributed by atoms with Gasteiger partial charge in [-0.2, -0.15) is 0 Å². The summed E-state index contributed by atoms with van der Waals surface area (Å²) in [6.45, 7) is 26.0. The number of benzene rings is 2. The van der Waals surface area contributed by atoms with Crippen LogP contribution in [0.5, 0.6) is 0 Å². The molecule has 10 nitrogen and oxygen atoms in total. The number of amides is 2. The summed E-state index contributed by atoms with van der Waals surface area (Å²) in [7, 11) is -2.10. The number of aliphatic hydroxyl groups is 1. The molecule has 0 spiro atoms. The molecule has 2 aromatic carbocycles. The van der Waals surface area contributed by atoms with Crippen molar-refractivity contribution in [3.8, 4) is 0 Å². The molecule has 1 N–H and O–H groups in total. The van der Waals surface area contributed by atoms with Crippen LogP contribution in [-0.2, 0) is 33.1 Å². The van der Waals surface area contributed by atoms with Crippen molar-refractivity contribution < 1.29 is 38.2 Å². The number of likely N-dealkylation sites (tertiary alicyclic amines) is 2. The minimum atomic E-state index is -2.10. The van der Waals surface area contributed by atoms with Crippen LogP contribution in [0, 0.1) is 10.8 Å². The third-order valence-electron chi connectivity index (χ3n) is 10.5. The second kappa shape index (κ2) is 16.4. The predicted octanol–water partition coefficient (Wildman–Crippen LogP) is 7.63. The number of ether oxygens (including phenoxy) is 2. The summed E-state index contributed by atoms with van der Waals surface area (Å²) in [5, 5.41) is 9.81. The van der Waals surface area contributed by atoms with Crippen molar-refractivity contribution >= 4 is 32.1 Å². The van der Waals surface area contributed by atoms with Crippen LogP contribution in [0.15, 0.2) is 60.7 Å². The maximum Gasteiger partial charge on any atom is 0.317 e. The molecular formula is C42H64N2O8Si. The van der Waals surface area contributed by atoms with Gasteiger partial charge in [-0.05, 0) is 84.6 Å². The number of hydrogen-bond donors (Lipinski definition) is 1. The van der Waals surface area contributed by atoms with Gasteiger partial charge in [0.25, 0.3) is 0 Å². The fourth-order valence-electron chi connectivity index (χ4n) is 6.16. The molecule has 294 valence electrons. The van der Waals surface area contributed by atoms with E-state index >= 15 is 0 Å². The molecule has 0 unspecified atom stereocenters. The maximum absolute atomic E-state index is 13.3. The lowest BCUT2D eigenvalue weighted by Crippen LogP contribution is -2.48. The molecule has 2 amide bonds. The third kappa shape index (κ3) is 11.0. The highest BCUT2D eigenvalue weighted by atomic mass is 28.4. The average molecular weight is 753 g/mol. The quantitative estimate of drug-likeness (QED) is 0.194. The van der Waals surface area contributed by atoms with Gasteiger partial charge >= 0.3 is 11.9 Å². The molecule has 0 radical (unpaired) electrons. The molecule has 11 heteroatoms. The van der Waals surface area contributed by atoms with Crippen molar-refractivity contribution in [1.82, 2.24) is 9.80 Å². The second-order valence-electron chi connectivity index (χ2n) is 18.3. The van der Waals surface area contributed by atoms with E-state index in [4.69, 9.17) is 13.9 Å². The Balaban J connectivity index is 0.000000295. The first-order chi connectivity index (χ1) is 24.3. The lowest BCUT2D eigenvalue weighted by atomic mass is 9.87. The molecule has 4 atom stereocenters. The Morgan fingerprint density at radius 3 is 1.42 bits per heavy atom. The van der Waals surface area contributed by atoms with Gasteiger partial charge in [-0.1, -0.05) is 81.4 Å². The predicted molar refractivity (Wildman–Crippen MR) is 209 cm³/mol. The first-order valence-corrected chi connectivity index (χ1v) is 21.6. The summed E-state index contributed by atoms with van der Waals surface area (Å²) in [6, 6.07) is 19.3. The molecule has 0 aliphatic carbocycles. The number of carbonyl (C=O) groups is 4.